The molecule has 1 amide bonds. The lowest BCUT2D eigenvalue weighted by molar-refractivity contribution is -0.120. The first kappa shape index (κ1) is 18.7. The number of anilines is 1. The molecule has 0 aromatic heterocycles. The third kappa shape index (κ3) is 4.95. The van der Waals surface area contributed by atoms with Gasteiger partial charge in [0.15, 0.2) is 0 Å². The number of likely N-dealkylation sites (tertiary alicyclic amines) is 1. The van der Waals surface area contributed by atoms with Gasteiger partial charge in [0.1, 0.15) is 0 Å². The van der Waals surface area contributed by atoms with Gasteiger partial charge >= 0.3 is 0 Å². The summed E-state index contributed by atoms with van der Waals surface area (Å²) < 4.78 is 0. The zero-order valence-corrected chi connectivity index (χ0v) is 16.0. The highest BCUT2D eigenvalue weighted by molar-refractivity contribution is 5.94. The van der Waals surface area contributed by atoms with Crippen molar-refractivity contribution in [2.75, 3.05) is 18.0 Å². The molecule has 1 fully saturated rings. The van der Waals surface area contributed by atoms with Gasteiger partial charge in [-0.2, -0.15) is 0 Å². The summed E-state index contributed by atoms with van der Waals surface area (Å²) >= 11 is 0. The molecule has 26 heavy (non-hydrogen) atoms. The first-order valence-electron chi connectivity index (χ1n) is 9.77. The van der Waals surface area contributed by atoms with Crippen LogP contribution in [0.3, 0.4) is 0 Å². The van der Waals surface area contributed by atoms with Crippen molar-refractivity contribution >= 4 is 11.6 Å². The van der Waals surface area contributed by atoms with Gasteiger partial charge in [0.05, 0.1) is 0 Å². The Labute approximate surface area is 157 Å². The Morgan fingerprint density at radius 3 is 2.15 bits per heavy atom. The average molecular weight is 351 g/mol. The molecule has 0 N–H and O–H groups in total. The van der Waals surface area contributed by atoms with Gasteiger partial charge in [-0.3, -0.25) is 9.69 Å². The van der Waals surface area contributed by atoms with Crippen LogP contribution in [-0.2, 0) is 11.3 Å². The van der Waals surface area contributed by atoms with Crippen LogP contribution in [0.25, 0.3) is 0 Å². The van der Waals surface area contributed by atoms with Crippen LogP contribution in [0.4, 0.5) is 5.69 Å². The quantitative estimate of drug-likeness (QED) is 0.752. The van der Waals surface area contributed by atoms with E-state index >= 15 is 0 Å². The number of carbonyl (C=O) groups is 1. The molecule has 0 atom stereocenters. The minimum absolute atomic E-state index is 0.257. The second-order valence-electron chi connectivity index (χ2n) is 7.69. The maximum Gasteiger partial charge on any atom is 0.227 e. The maximum absolute atomic E-state index is 12.9. The molecule has 0 unspecified atom stereocenters. The van der Waals surface area contributed by atoms with E-state index in [-0.39, 0.29) is 5.91 Å². The van der Waals surface area contributed by atoms with E-state index in [4.69, 9.17) is 0 Å². The third-order valence-corrected chi connectivity index (χ3v) is 5.06. The molecule has 2 aromatic rings. The van der Waals surface area contributed by atoms with Gasteiger partial charge in [-0.05, 0) is 36.5 Å². The molecule has 138 valence electrons. The number of para-hydroxylation sites is 1. The first-order valence-corrected chi connectivity index (χ1v) is 9.77. The molecule has 0 spiro atoms. The normalized spacial score (nSPS) is 16.0. The summed E-state index contributed by atoms with van der Waals surface area (Å²) in [7, 11) is 0. The summed E-state index contributed by atoms with van der Waals surface area (Å²) in [6.07, 6.45) is 2.68. The van der Waals surface area contributed by atoms with E-state index in [1.807, 2.05) is 18.2 Å². The summed E-state index contributed by atoms with van der Waals surface area (Å²) in [6, 6.07) is 21.1. The van der Waals surface area contributed by atoms with Gasteiger partial charge in [-0.25, -0.2) is 0 Å². The minimum Gasteiger partial charge on any atom is -0.309 e. The summed E-state index contributed by atoms with van der Waals surface area (Å²) in [5.41, 5.74) is 2.40. The highest BCUT2D eigenvalue weighted by Crippen LogP contribution is 2.26. The monoisotopic (exact) mass is 350 g/mol. The van der Waals surface area contributed by atoms with Crippen molar-refractivity contribution in [1.29, 1.82) is 0 Å². The lowest BCUT2D eigenvalue weighted by Crippen LogP contribution is -2.47. The third-order valence-electron chi connectivity index (χ3n) is 5.06. The summed E-state index contributed by atoms with van der Waals surface area (Å²) in [5, 5.41) is 0. The predicted molar refractivity (Wildman–Crippen MR) is 108 cm³/mol. The first-order chi connectivity index (χ1) is 12.6. The average Bonchev–Trinajstić information content (AvgIpc) is 2.64. The van der Waals surface area contributed by atoms with E-state index in [0.29, 0.717) is 18.4 Å². The molecule has 1 aliphatic heterocycles. The van der Waals surface area contributed by atoms with Gasteiger partial charge in [-0.1, -0.05) is 62.4 Å². The smallest absolute Gasteiger partial charge is 0.227 e. The van der Waals surface area contributed by atoms with Crippen molar-refractivity contribution in [3.05, 3.63) is 66.2 Å². The van der Waals surface area contributed by atoms with E-state index in [0.717, 1.165) is 38.2 Å². The summed E-state index contributed by atoms with van der Waals surface area (Å²) in [4.78, 5) is 17.5. The van der Waals surface area contributed by atoms with Crippen molar-refractivity contribution in [1.82, 2.24) is 4.90 Å². The van der Waals surface area contributed by atoms with Crippen LogP contribution < -0.4 is 4.90 Å². The van der Waals surface area contributed by atoms with Gasteiger partial charge in [0.25, 0.3) is 0 Å². The van der Waals surface area contributed by atoms with Crippen molar-refractivity contribution in [3.63, 3.8) is 0 Å². The molecular formula is C23H30N2O. The van der Waals surface area contributed by atoms with Crippen LogP contribution in [0.2, 0.25) is 0 Å². The van der Waals surface area contributed by atoms with E-state index in [9.17, 15) is 4.79 Å². The maximum atomic E-state index is 12.9. The Bertz CT molecular complexity index is 676. The van der Waals surface area contributed by atoms with Crippen molar-refractivity contribution in [2.45, 2.75) is 45.7 Å². The Balaban J connectivity index is 1.66. The number of carbonyl (C=O) groups excluding carboxylic acids is 1. The Kier molecular flexibility index (Phi) is 6.45. The van der Waals surface area contributed by atoms with E-state index in [2.05, 4.69) is 66.1 Å². The fraction of sp³-hybridized carbons (Fsp3) is 0.435. The fourth-order valence-corrected chi connectivity index (χ4v) is 3.77. The molecule has 0 radical (unpaired) electrons. The van der Waals surface area contributed by atoms with Crippen LogP contribution in [0.5, 0.6) is 0 Å². The number of rotatable bonds is 6. The fourth-order valence-electron chi connectivity index (χ4n) is 3.77. The van der Waals surface area contributed by atoms with Crippen LogP contribution in [-0.4, -0.2) is 29.9 Å². The van der Waals surface area contributed by atoms with Crippen LogP contribution in [0.1, 0.15) is 38.7 Å². The standard InChI is InChI=1S/C23H30N2O/c1-19(2)17-23(26)25(21-11-7-4-8-12-21)22-13-15-24(16-14-22)18-20-9-5-3-6-10-20/h3-12,19,22H,13-18H2,1-2H3. The van der Waals surface area contributed by atoms with E-state index in [1.165, 1.54) is 5.56 Å². The highest BCUT2D eigenvalue weighted by Gasteiger charge is 2.29. The molecule has 3 nitrogen and oxygen atoms in total. The van der Waals surface area contributed by atoms with Crippen molar-refractivity contribution in [3.8, 4) is 0 Å². The highest BCUT2D eigenvalue weighted by atomic mass is 16.2. The molecule has 1 aliphatic rings. The second-order valence-corrected chi connectivity index (χ2v) is 7.69. The largest absolute Gasteiger partial charge is 0.309 e. The molecule has 0 saturated carbocycles. The lowest BCUT2D eigenvalue weighted by atomic mass is 9.99. The zero-order chi connectivity index (χ0) is 18.4. The van der Waals surface area contributed by atoms with Crippen LogP contribution in [0, 0.1) is 5.92 Å². The Hall–Kier alpha value is -2.13. The molecule has 0 bridgehead atoms. The lowest BCUT2D eigenvalue weighted by Gasteiger charge is -2.39. The Morgan fingerprint density at radius 2 is 1.58 bits per heavy atom. The SMILES string of the molecule is CC(C)CC(=O)N(c1ccccc1)C1CCN(Cc2ccccc2)CC1. The van der Waals surface area contributed by atoms with Gasteiger partial charge in [-0.15, -0.1) is 0 Å². The molecule has 2 aromatic carbocycles. The van der Waals surface area contributed by atoms with Gasteiger partial charge in [0, 0.05) is 37.8 Å². The number of amides is 1. The van der Waals surface area contributed by atoms with Crippen LogP contribution in [0.15, 0.2) is 60.7 Å². The topological polar surface area (TPSA) is 23.6 Å². The second kappa shape index (κ2) is 9.00. The van der Waals surface area contributed by atoms with Crippen molar-refractivity contribution in [2.24, 2.45) is 5.92 Å². The summed E-state index contributed by atoms with van der Waals surface area (Å²) in [6.45, 7) is 7.31. The van der Waals surface area contributed by atoms with Gasteiger partial charge in [0.2, 0.25) is 5.91 Å². The Morgan fingerprint density at radius 1 is 1.00 bits per heavy atom. The molecule has 1 saturated heterocycles. The molecular weight excluding hydrogens is 320 g/mol. The number of piperidine rings is 1. The van der Waals surface area contributed by atoms with E-state index < -0.39 is 0 Å². The van der Waals surface area contributed by atoms with Gasteiger partial charge < -0.3 is 4.90 Å². The molecule has 3 rings (SSSR count). The number of hydrogen-bond donors (Lipinski definition) is 0. The zero-order valence-electron chi connectivity index (χ0n) is 16.0. The molecule has 3 heteroatoms. The van der Waals surface area contributed by atoms with E-state index in [1.54, 1.807) is 0 Å². The number of nitrogens with zero attached hydrogens (tertiary/aromatic N) is 2. The predicted octanol–water partition coefficient (Wildman–Crippen LogP) is 4.73. The number of benzene rings is 2. The van der Waals surface area contributed by atoms with Crippen molar-refractivity contribution < 1.29 is 4.79 Å². The summed E-state index contributed by atoms with van der Waals surface area (Å²) in [5.74, 6) is 0.639. The minimum atomic E-state index is 0.257. The molecule has 0 aliphatic carbocycles. The molecule has 1 heterocycles. The van der Waals surface area contributed by atoms with Crippen LogP contribution >= 0.6 is 0 Å². The number of hydrogen-bond acceptors (Lipinski definition) is 2.